The number of nitrogens with one attached hydrogen (secondary N) is 1. The number of tetrazole rings is 1. The van der Waals surface area contributed by atoms with Crippen LogP contribution in [-0.2, 0) is 37.4 Å². The van der Waals surface area contributed by atoms with Gasteiger partial charge in [0, 0.05) is 6.54 Å². The number of carbonyl (C=O) groups is 2. The molecule has 4 N–H and O–H groups in total. The van der Waals surface area contributed by atoms with Crippen molar-refractivity contribution < 1.29 is 31.7 Å². The van der Waals surface area contributed by atoms with Gasteiger partial charge in [0.1, 0.15) is 6.04 Å². The van der Waals surface area contributed by atoms with Crippen LogP contribution in [0.4, 0.5) is 4.79 Å². The molecule has 1 aromatic rings. The predicted octanol–water partition coefficient (Wildman–Crippen LogP) is -2.82. The maximum absolute atomic E-state index is 12.3. The van der Waals surface area contributed by atoms with Crippen LogP contribution in [0, 0.1) is 0 Å². The molecular weight excluding hydrogens is 388 g/mol. The molecule has 3 heterocycles. The minimum atomic E-state index is -4.83. The van der Waals surface area contributed by atoms with Gasteiger partial charge < -0.3 is 10.6 Å². The lowest BCUT2D eigenvalue weighted by Gasteiger charge is -2.28. The van der Waals surface area contributed by atoms with Crippen molar-refractivity contribution in [3.05, 3.63) is 5.82 Å². The number of hydroxylamine groups is 3. The summed E-state index contributed by atoms with van der Waals surface area (Å²) in [6.07, 6.45) is 0.599. The molecule has 2 atom stereocenters. The van der Waals surface area contributed by atoms with Gasteiger partial charge in [0.2, 0.25) is 0 Å². The fourth-order valence-electron chi connectivity index (χ4n) is 2.87. The monoisotopic (exact) mass is 406 g/mol. The van der Waals surface area contributed by atoms with Gasteiger partial charge in [-0.15, -0.1) is 14.5 Å². The first-order valence-corrected chi connectivity index (χ1v) is 9.30. The lowest BCUT2D eigenvalue weighted by atomic mass is 10.0. The fourth-order valence-corrected chi connectivity index (χ4v) is 3.26. The lowest BCUT2D eigenvalue weighted by molar-refractivity contribution is -0.139. The Kier molecular flexibility index (Phi) is 5.51. The molecule has 0 radical (unpaired) electrons. The largest absolute Gasteiger partial charge is 0.418 e. The van der Waals surface area contributed by atoms with E-state index in [-0.39, 0.29) is 32.7 Å². The number of aromatic nitrogens is 4. The van der Waals surface area contributed by atoms with Crippen molar-refractivity contribution in [2.24, 2.45) is 5.73 Å². The van der Waals surface area contributed by atoms with E-state index in [0.29, 0.717) is 17.3 Å². The van der Waals surface area contributed by atoms with Crippen molar-refractivity contribution >= 4 is 22.3 Å². The van der Waals surface area contributed by atoms with Crippen LogP contribution < -0.4 is 11.2 Å². The standard InChI is InChI=1S/C11H18N8O7S/c12-5-9-13-16-18(14-9)3-4-25-15-10(20)8-2-1-7-6-17(8)11(21)19(7)26-27(22,23)24/h7-8H,1-6,12H2,(H,15,20)(H,22,23,24)/t7-,8-/m0/s1. The van der Waals surface area contributed by atoms with Crippen LogP contribution in [0.3, 0.4) is 0 Å². The Morgan fingerprint density at radius 1 is 1.41 bits per heavy atom. The van der Waals surface area contributed by atoms with Crippen LogP contribution in [0.2, 0.25) is 0 Å². The van der Waals surface area contributed by atoms with Crippen molar-refractivity contribution in [3.63, 3.8) is 0 Å². The van der Waals surface area contributed by atoms with Gasteiger partial charge in [0.25, 0.3) is 5.91 Å². The molecule has 27 heavy (non-hydrogen) atoms. The smallest absolute Gasteiger partial charge is 0.324 e. The van der Waals surface area contributed by atoms with Crippen LogP contribution in [0.25, 0.3) is 0 Å². The van der Waals surface area contributed by atoms with E-state index in [2.05, 4.69) is 25.2 Å². The van der Waals surface area contributed by atoms with E-state index in [4.69, 9.17) is 15.1 Å². The van der Waals surface area contributed by atoms with E-state index < -0.39 is 34.4 Å². The minimum Gasteiger partial charge on any atom is -0.324 e. The molecule has 1 aromatic heterocycles. The molecule has 0 aromatic carbocycles. The fraction of sp³-hybridized carbons (Fsp3) is 0.727. The first-order valence-electron chi connectivity index (χ1n) is 7.93. The molecule has 16 heteroatoms. The van der Waals surface area contributed by atoms with Gasteiger partial charge in [0.05, 0.1) is 25.7 Å². The normalized spacial score (nSPS) is 22.4. The van der Waals surface area contributed by atoms with E-state index >= 15 is 0 Å². The summed E-state index contributed by atoms with van der Waals surface area (Å²) < 4.78 is 34.7. The molecule has 2 fully saturated rings. The molecule has 2 bridgehead atoms. The van der Waals surface area contributed by atoms with Crippen LogP contribution in [0.5, 0.6) is 0 Å². The van der Waals surface area contributed by atoms with Crippen LogP contribution >= 0.6 is 0 Å². The summed E-state index contributed by atoms with van der Waals surface area (Å²) in [5.74, 6) is -0.190. The predicted molar refractivity (Wildman–Crippen MR) is 83.2 cm³/mol. The van der Waals surface area contributed by atoms with Gasteiger partial charge in [0.15, 0.2) is 5.82 Å². The van der Waals surface area contributed by atoms with Gasteiger partial charge >= 0.3 is 16.4 Å². The molecule has 15 nitrogen and oxygen atoms in total. The Balaban J connectivity index is 1.48. The van der Waals surface area contributed by atoms with E-state index in [0.717, 1.165) is 4.90 Å². The van der Waals surface area contributed by atoms with E-state index in [1.54, 1.807) is 0 Å². The molecule has 0 saturated carbocycles. The number of urea groups is 1. The molecule has 3 rings (SSSR count). The van der Waals surface area contributed by atoms with Gasteiger partial charge in [-0.25, -0.2) is 10.3 Å². The Bertz CT molecular complexity index is 813. The summed E-state index contributed by atoms with van der Waals surface area (Å²) >= 11 is 0. The number of hydrogen-bond acceptors (Lipinski definition) is 10. The van der Waals surface area contributed by atoms with Gasteiger partial charge in [-0.1, -0.05) is 0 Å². The maximum atomic E-state index is 12.3. The molecule has 0 unspecified atom stereocenters. The Morgan fingerprint density at radius 2 is 2.19 bits per heavy atom. The zero-order valence-corrected chi connectivity index (χ0v) is 14.8. The third kappa shape index (κ3) is 4.48. The zero-order valence-electron chi connectivity index (χ0n) is 14.0. The van der Waals surface area contributed by atoms with Gasteiger partial charge in [-0.05, 0) is 18.1 Å². The highest BCUT2D eigenvalue weighted by molar-refractivity contribution is 7.80. The topological polar surface area (TPSA) is 195 Å². The lowest BCUT2D eigenvalue weighted by Crippen LogP contribution is -2.49. The third-order valence-corrected chi connectivity index (χ3v) is 4.39. The highest BCUT2D eigenvalue weighted by Gasteiger charge is 2.49. The second-order valence-corrected chi connectivity index (χ2v) is 6.83. The summed E-state index contributed by atoms with van der Waals surface area (Å²) in [4.78, 5) is 32.0. The summed E-state index contributed by atoms with van der Waals surface area (Å²) in [6.45, 7) is 0.520. The summed E-state index contributed by atoms with van der Waals surface area (Å²) in [7, 11) is -4.83. The average molecular weight is 406 g/mol. The number of nitrogens with two attached hydrogens (primary N) is 1. The highest BCUT2D eigenvalue weighted by atomic mass is 32.3. The second kappa shape index (κ2) is 7.69. The van der Waals surface area contributed by atoms with Crippen molar-refractivity contribution in [1.82, 2.24) is 35.7 Å². The van der Waals surface area contributed by atoms with E-state index in [1.165, 1.54) is 4.80 Å². The Hall–Kier alpha value is -2.40. The molecule has 3 amide bonds. The van der Waals surface area contributed by atoms with Gasteiger partial charge in [-0.2, -0.15) is 18.3 Å². The van der Waals surface area contributed by atoms with E-state index in [1.807, 2.05) is 0 Å². The van der Waals surface area contributed by atoms with Crippen molar-refractivity contribution in [3.8, 4) is 0 Å². The summed E-state index contributed by atoms with van der Waals surface area (Å²) in [5.41, 5.74) is 7.60. The average Bonchev–Trinajstić information content (AvgIpc) is 3.17. The SMILES string of the molecule is NCc1nnn(CCONC(=O)[C@@H]2CC[C@H]3CN2C(=O)N3OS(=O)(=O)O)n1. The number of hydrogen-bond donors (Lipinski definition) is 3. The number of amides is 3. The number of nitrogens with zero attached hydrogens (tertiary/aromatic N) is 6. The second-order valence-electron chi connectivity index (χ2n) is 5.83. The number of fused-ring (bicyclic) bond motifs is 2. The molecule has 2 saturated heterocycles. The van der Waals surface area contributed by atoms with Crippen molar-refractivity contribution in [2.45, 2.75) is 38.0 Å². The molecule has 2 aliphatic rings. The number of piperidine rings is 1. The number of carbonyl (C=O) groups excluding carboxylic acids is 2. The first-order chi connectivity index (χ1) is 12.8. The van der Waals surface area contributed by atoms with Crippen molar-refractivity contribution in [2.75, 3.05) is 13.2 Å². The highest BCUT2D eigenvalue weighted by Crippen LogP contribution is 2.30. The third-order valence-electron chi connectivity index (χ3n) is 4.04. The van der Waals surface area contributed by atoms with Crippen LogP contribution in [-0.4, -0.2) is 80.3 Å². The first kappa shape index (κ1) is 19.4. The molecule has 0 spiro atoms. The minimum absolute atomic E-state index is 0.0490. The zero-order chi connectivity index (χ0) is 19.6. The quantitative estimate of drug-likeness (QED) is 0.229. The number of rotatable bonds is 8. The molecule has 150 valence electrons. The Morgan fingerprint density at radius 3 is 2.85 bits per heavy atom. The van der Waals surface area contributed by atoms with Crippen LogP contribution in [0.1, 0.15) is 18.7 Å². The van der Waals surface area contributed by atoms with E-state index in [9.17, 15) is 18.0 Å². The van der Waals surface area contributed by atoms with Crippen LogP contribution in [0.15, 0.2) is 0 Å². The summed E-state index contributed by atoms with van der Waals surface area (Å²) in [6, 6.07) is -2.24. The Labute approximate surface area is 153 Å². The van der Waals surface area contributed by atoms with Crippen molar-refractivity contribution in [1.29, 1.82) is 0 Å². The maximum Gasteiger partial charge on any atom is 0.418 e. The van der Waals surface area contributed by atoms with Gasteiger partial charge in [-0.3, -0.25) is 14.2 Å². The summed E-state index contributed by atoms with van der Waals surface area (Å²) in [5, 5.41) is 11.9. The molecule has 0 aliphatic carbocycles. The molecule has 2 aliphatic heterocycles. The molecular formula is C11H18N8O7S.